The smallest absolute Gasteiger partial charge is 0.262 e. The highest BCUT2D eigenvalue weighted by Gasteiger charge is 2.21. The first-order chi connectivity index (χ1) is 10.4. The number of halogens is 1. The van der Waals surface area contributed by atoms with E-state index in [1.165, 1.54) is 42.5 Å². The minimum atomic E-state index is -3.61. The maximum absolute atomic E-state index is 12.9. The van der Waals surface area contributed by atoms with Crippen molar-refractivity contribution in [2.45, 2.75) is 10.6 Å². The molecule has 0 spiro atoms. The highest BCUT2D eigenvalue weighted by molar-refractivity contribution is 7.90. The number of fused-ring (bicyclic) bond motifs is 1. The van der Waals surface area contributed by atoms with Gasteiger partial charge in [-0.25, -0.2) is 12.8 Å². The minimum absolute atomic E-state index is 0.0707. The molecule has 0 fully saturated rings. The van der Waals surface area contributed by atoms with E-state index in [9.17, 15) is 17.6 Å². The largest absolute Gasteiger partial charge is 0.482 e. The standard InChI is InChI=1S/C15H12FNO4S/c16-11-3-1-10(2-4-11)9-22(19,20)12-5-6-14-13(7-12)17-15(18)8-21-14/h1-7H,8-9H2,(H,17,18). The number of sulfone groups is 1. The summed E-state index contributed by atoms with van der Waals surface area (Å²) in [5.74, 6) is -0.573. The van der Waals surface area contributed by atoms with Gasteiger partial charge < -0.3 is 10.1 Å². The summed E-state index contributed by atoms with van der Waals surface area (Å²) in [6.45, 7) is -0.0886. The lowest BCUT2D eigenvalue weighted by Crippen LogP contribution is -2.25. The van der Waals surface area contributed by atoms with Gasteiger partial charge >= 0.3 is 0 Å². The predicted molar refractivity (Wildman–Crippen MR) is 77.9 cm³/mol. The van der Waals surface area contributed by atoms with E-state index >= 15 is 0 Å². The lowest BCUT2D eigenvalue weighted by atomic mass is 10.2. The van der Waals surface area contributed by atoms with Crippen LogP contribution in [0.5, 0.6) is 5.75 Å². The zero-order valence-electron chi connectivity index (χ0n) is 11.4. The molecule has 1 heterocycles. The molecule has 1 aliphatic rings. The molecule has 2 aromatic carbocycles. The Hall–Kier alpha value is -2.41. The Balaban J connectivity index is 1.90. The number of carbonyl (C=O) groups is 1. The van der Waals surface area contributed by atoms with Gasteiger partial charge in [0, 0.05) is 0 Å². The fraction of sp³-hybridized carbons (Fsp3) is 0.133. The fourth-order valence-electron chi connectivity index (χ4n) is 2.14. The number of anilines is 1. The zero-order valence-corrected chi connectivity index (χ0v) is 12.2. The highest BCUT2D eigenvalue weighted by Crippen LogP contribution is 2.31. The van der Waals surface area contributed by atoms with Crippen LogP contribution >= 0.6 is 0 Å². The second-order valence-corrected chi connectivity index (χ2v) is 6.87. The van der Waals surface area contributed by atoms with Crippen LogP contribution in [-0.4, -0.2) is 20.9 Å². The van der Waals surface area contributed by atoms with E-state index in [1.807, 2.05) is 0 Å². The SMILES string of the molecule is O=C1COc2ccc(S(=O)(=O)Cc3ccc(F)cc3)cc2N1. The first-order valence-electron chi connectivity index (χ1n) is 6.48. The lowest BCUT2D eigenvalue weighted by molar-refractivity contribution is -0.118. The molecule has 0 aromatic heterocycles. The zero-order chi connectivity index (χ0) is 15.7. The number of nitrogens with one attached hydrogen (secondary N) is 1. The third-order valence-corrected chi connectivity index (χ3v) is 4.90. The number of benzene rings is 2. The molecule has 0 saturated heterocycles. The molecule has 1 aliphatic heterocycles. The number of carbonyl (C=O) groups excluding carboxylic acids is 1. The first kappa shape index (κ1) is 14.5. The van der Waals surface area contributed by atoms with Crippen molar-refractivity contribution < 1.29 is 22.3 Å². The molecule has 1 amide bonds. The minimum Gasteiger partial charge on any atom is -0.482 e. The molecule has 22 heavy (non-hydrogen) atoms. The Morgan fingerprint density at radius 3 is 2.59 bits per heavy atom. The number of hydrogen-bond acceptors (Lipinski definition) is 4. The van der Waals surface area contributed by atoms with Crippen LogP contribution < -0.4 is 10.1 Å². The van der Waals surface area contributed by atoms with Crippen molar-refractivity contribution in [3.8, 4) is 5.75 Å². The van der Waals surface area contributed by atoms with Crippen molar-refractivity contribution in [3.05, 3.63) is 53.8 Å². The van der Waals surface area contributed by atoms with Crippen molar-refractivity contribution in [1.82, 2.24) is 0 Å². The molecule has 7 heteroatoms. The number of ether oxygens (including phenoxy) is 1. The average Bonchev–Trinajstić information content (AvgIpc) is 2.48. The van der Waals surface area contributed by atoms with E-state index in [4.69, 9.17) is 4.74 Å². The fourth-order valence-corrected chi connectivity index (χ4v) is 3.51. The van der Waals surface area contributed by atoms with Crippen LogP contribution in [0.3, 0.4) is 0 Å². The first-order valence-corrected chi connectivity index (χ1v) is 8.13. The van der Waals surface area contributed by atoms with Crippen molar-refractivity contribution in [2.75, 3.05) is 11.9 Å². The van der Waals surface area contributed by atoms with Crippen molar-refractivity contribution in [1.29, 1.82) is 0 Å². The lowest BCUT2D eigenvalue weighted by Gasteiger charge is -2.18. The van der Waals surface area contributed by atoms with Crippen LogP contribution in [0.25, 0.3) is 0 Å². The van der Waals surface area contributed by atoms with Crippen LogP contribution in [0.4, 0.5) is 10.1 Å². The normalized spacial score (nSPS) is 14.0. The maximum atomic E-state index is 12.9. The van der Waals surface area contributed by atoms with Crippen molar-refractivity contribution >= 4 is 21.4 Å². The van der Waals surface area contributed by atoms with E-state index in [0.29, 0.717) is 17.0 Å². The summed E-state index contributed by atoms with van der Waals surface area (Å²) in [4.78, 5) is 11.4. The topological polar surface area (TPSA) is 72.5 Å². The van der Waals surface area contributed by atoms with Crippen LogP contribution in [0.2, 0.25) is 0 Å². The van der Waals surface area contributed by atoms with Crippen LogP contribution in [0, 0.1) is 5.82 Å². The average molecular weight is 321 g/mol. The summed E-state index contributed by atoms with van der Waals surface area (Å²) < 4.78 is 42.9. The molecule has 0 bridgehead atoms. The number of rotatable bonds is 3. The molecule has 0 radical (unpaired) electrons. The van der Waals surface area contributed by atoms with E-state index in [1.54, 1.807) is 0 Å². The number of hydrogen-bond donors (Lipinski definition) is 1. The monoisotopic (exact) mass is 321 g/mol. The second kappa shape index (κ2) is 5.42. The Labute approximate surface area is 126 Å². The van der Waals surface area contributed by atoms with Gasteiger partial charge in [-0.1, -0.05) is 12.1 Å². The molecule has 0 saturated carbocycles. The molecule has 5 nitrogen and oxygen atoms in total. The third-order valence-electron chi connectivity index (χ3n) is 3.21. The molecule has 3 rings (SSSR count). The molecule has 2 aromatic rings. The quantitative estimate of drug-likeness (QED) is 0.940. The third kappa shape index (κ3) is 2.94. The molecule has 1 N–H and O–H groups in total. The van der Waals surface area contributed by atoms with Gasteiger partial charge in [0.2, 0.25) is 0 Å². The molecule has 114 valence electrons. The Morgan fingerprint density at radius 2 is 1.86 bits per heavy atom. The molecular weight excluding hydrogens is 309 g/mol. The van der Waals surface area contributed by atoms with Crippen LogP contribution in [0.1, 0.15) is 5.56 Å². The summed E-state index contributed by atoms with van der Waals surface area (Å²) >= 11 is 0. The van der Waals surface area contributed by atoms with E-state index in [2.05, 4.69) is 5.32 Å². The Morgan fingerprint density at radius 1 is 1.14 bits per heavy atom. The summed E-state index contributed by atoms with van der Waals surface area (Å²) in [6.07, 6.45) is 0. The van der Waals surface area contributed by atoms with Crippen LogP contribution in [-0.2, 0) is 20.4 Å². The van der Waals surface area contributed by atoms with E-state index in [-0.39, 0.29) is 23.2 Å². The van der Waals surface area contributed by atoms with Gasteiger partial charge in [0.05, 0.1) is 16.3 Å². The van der Waals surface area contributed by atoms with Gasteiger partial charge in [-0.2, -0.15) is 0 Å². The second-order valence-electron chi connectivity index (χ2n) is 4.88. The summed E-state index contributed by atoms with van der Waals surface area (Å²) in [5.41, 5.74) is 0.816. The maximum Gasteiger partial charge on any atom is 0.262 e. The van der Waals surface area contributed by atoms with Crippen molar-refractivity contribution in [3.63, 3.8) is 0 Å². The van der Waals surface area contributed by atoms with Gasteiger partial charge in [-0.05, 0) is 35.9 Å². The van der Waals surface area contributed by atoms with Crippen molar-refractivity contribution in [2.24, 2.45) is 0 Å². The van der Waals surface area contributed by atoms with Gasteiger partial charge in [-0.3, -0.25) is 4.79 Å². The summed E-state index contributed by atoms with van der Waals surface area (Å²) in [7, 11) is -3.61. The Kier molecular flexibility index (Phi) is 3.58. The van der Waals surface area contributed by atoms with Gasteiger partial charge in [0.15, 0.2) is 16.4 Å². The highest BCUT2D eigenvalue weighted by atomic mass is 32.2. The van der Waals surface area contributed by atoms with E-state index in [0.717, 1.165) is 0 Å². The van der Waals surface area contributed by atoms with E-state index < -0.39 is 15.7 Å². The van der Waals surface area contributed by atoms with Gasteiger partial charge in [-0.15, -0.1) is 0 Å². The Bertz CT molecular complexity index is 831. The van der Waals surface area contributed by atoms with Gasteiger partial charge in [0.1, 0.15) is 11.6 Å². The molecule has 0 unspecified atom stereocenters. The molecular formula is C15H12FNO4S. The summed E-state index contributed by atoms with van der Waals surface area (Å²) in [5, 5.41) is 2.57. The van der Waals surface area contributed by atoms with Gasteiger partial charge in [0.25, 0.3) is 5.91 Å². The van der Waals surface area contributed by atoms with Crippen LogP contribution in [0.15, 0.2) is 47.4 Å². The number of amides is 1. The molecule has 0 atom stereocenters. The molecule has 0 aliphatic carbocycles. The summed E-state index contributed by atoms with van der Waals surface area (Å²) in [6, 6.07) is 9.58. The predicted octanol–water partition coefficient (Wildman–Crippen LogP) is 2.13.